The first kappa shape index (κ1) is 15.6. The van der Waals surface area contributed by atoms with Crippen molar-refractivity contribution >= 4 is 11.5 Å². The Kier molecular flexibility index (Phi) is 4.37. The lowest BCUT2D eigenvalue weighted by atomic mass is 9.93. The molecule has 2 rings (SSSR count). The van der Waals surface area contributed by atoms with E-state index in [9.17, 15) is 18.0 Å². The van der Waals surface area contributed by atoms with Crippen molar-refractivity contribution < 1.29 is 18.0 Å². The van der Waals surface area contributed by atoms with Gasteiger partial charge in [0.15, 0.2) is 0 Å². The number of carbonyl (C=O) groups is 1. The molecule has 0 radical (unpaired) electrons. The number of carbonyl (C=O) groups excluding carboxylic acids is 1. The molecule has 0 spiro atoms. The van der Waals surface area contributed by atoms with E-state index in [1.165, 1.54) is 31.1 Å². The monoisotopic (exact) mass is 298 g/mol. The van der Waals surface area contributed by atoms with E-state index in [0.29, 0.717) is 25.1 Å². The highest BCUT2D eigenvalue weighted by Crippen LogP contribution is 2.37. The van der Waals surface area contributed by atoms with Crippen LogP contribution in [0.1, 0.15) is 27.9 Å². The summed E-state index contributed by atoms with van der Waals surface area (Å²) in [6, 6.07) is 3.80. The van der Waals surface area contributed by atoms with Crippen LogP contribution >= 0.6 is 0 Å². The van der Waals surface area contributed by atoms with Gasteiger partial charge in [0, 0.05) is 26.2 Å². The lowest BCUT2D eigenvalue weighted by Crippen LogP contribution is -2.23. The van der Waals surface area contributed by atoms with Crippen LogP contribution in [0.3, 0.4) is 0 Å². The summed E-state index contributed by atoms with van der Waals surface area (Å²) < 4.78 is 39.8. The number of benzene rings is 1. The van der Waals surface area contributed by atoms with Crippen molar-refractivity contribution in [3.63, 3.8) is 0 Å². The second kappa shape index (κ2) is 5.89. The van der Waals surface area contributed by atoms with Gasteiger partial charge in [-0.15, -0.1) is 0 Å². The SMILES string of the molecule is CN(C)C(=O)c1ccc(C2=CCNCC2)c(C(F)(F)F)c1. The highest BCUT2D eigenvalue weighted by atomic mass is 19.4. The molecule has 0 aromatic heterocycles. The molecule has 6 heteroatoms. The van der Waals surface area contributed by atoms with Crippen molar-refractivity contribution in [3.8, 4) is 0 Å². The minimum Gasteiger partial charge on any atom is -0.345 e. The Morgan fingerprint density at radius 1 is 1.29 bits per heavy atom. The Morgan fingerprint density at radius 2 is 2.00 bits per heavy atom. The van der Waals surface area contributed by atoms with E-state index >= 15 is 0 Å². The summed E-state index contributed by atoms with van der Waals surface area (Å²) in [5.41, 5.74) is 0.137. The van der Waals surface area contributed by atoms with Gasteiger partial charge in [0.2, 0.25) is 0 Å². The number of nitrogens with one attached hydrogen (secondary N) is 1. The molecule has 0 saturated heterocycles. The molecule has 21 heavy (non-hydrogen) atoms. The molecule has 114 valence electrons. The molecule has 0 atom stereocenters. The maximum atomic E-state index is 13.3. The van der Waals surface area contributed by atoms with Crippen LogP contribution in [0.4, 0.5) is 13.2 Å². The summed E-state index contributed by atoms with van der Waals surface area (Å²) in [6.45, 7) is 1.21. The molecular formula is C15H17F3N2O. The zero-order valence-corrected chi connectivity index (χ0v) is 11.9. The van der Waals surface area contributed by atoms with E-state index in [1.807, 2.05) is 0 Å². The van der Waals surface area contributed by atoms with Gasteiger partial charge in [-0.2, -0.15) is 13.2 Å². The van der Waals surface area contributed by atoms with Gasteiger partial charge in [0.05, 0.1) is 5.56 Å². The van der Waals surface area contributed by atoms with E-state index in [4.69, 9.17) is 0 Å². The van der Waals surface area contributed by atoms with Gasteiger partial charge in [-0.3, -0.25) is 4.79 Å². The third kappa shape index (κ3) is 3.44. The van der Waals surface area contributed by atoms with E-state index in [0.717, 1.165) is 6.07 Å². The second-order valence-corrected chi connectivity index (χ2v) is 5.14. The molecule has 1 N–H and O–H groups in total. The topological polar surface area (TPSA) is 32.3 Å². The fourth-order valence-electron chi connectivity index (χ4n) is 2.32. The molecule has 0 fully saturated rings. The summed E-state index contributed by atoms with van der Waals surface area (Å²) in [5, 5.41) is 3.07. The minimum absolute atomic E-state index is 0.0469. The molecular weight excluding hydrogens is 281 g/mol. The summed E-state index contributed by atoms with van der Waals surface area (Å²) in [7, 11) is 3.03. The van der Waals surface area contributed by atoms with Crippen LogP contribution in [0.25, 0.3) is 5.57 Å². The minimum atomic E-state index is -4.48. The predicted octanol–water partition coefficient (Wildman–Crippen LogP) is 2.78. The standard InChI is InChI=1S/C15H17F3N2O/c1-20(2)14(21)11-3-4-12(10-5-7-19-8-6-10)13(9-11)15(16,17)18/h3-5,9,19H,6-8H2,1-2H3. The number of alkyl halides is 3. The first-order valence-electron chi connectivity index (χ1n) is 6.63. The summed E-state index contributed by atoms with van der Waals surface area (Å²) in [4.78, 5) is 13.1. The number of rotatable bonds is 2. The lowest BCUT2D eigenvalue weighted by molar-refractivity contribution is -0.137. The molecule has 3 nitrogen and oxygen atoms in total. The predicted molar refractivity (Wildman–Crippen MR) is 74.9 cm³/mol. The Labute approximate surface area is 121 Å². The third-order valence-electron chi connectivity index (χ3n) is 3.39. The van der Waals surface area contributed by atoms with Crippen molar-refractivity contribution in [1.82, 2.24) is 10.2 Å². The largest absolute Gasteiger partial charge is 0.417 e. The zero-order chi connectivity index (χ0) is 15.6. The first-order valence-corrected chi connectivity index (χ1v) is 6.63. The number of hydrogen-bond donors (Lipinski definition) is 1. The lowest BCUT2D eigenvalue weighted by Gasteiger charge is -2.20. The zero-order valence-electron chi connectivity index (χ0n) is 11.9. The summed E-state index contributed by atoms with van der Waals surface area (Å²) in [5.74, 6) is -0.439. The quantitative estimate of drug-likeness (QED) is 0.910. The number of amides is 1. The fourth-order valence-corrected chi connectivity index (χ4v) is 2.32. The van der Waals surface area contributed by atoms with Crippen LogP contribution in [-0.4, -0.2) is 38.0 Å². The first-order chi connectivity index (χ1) is 9.80. The second-order valence-electron chi connectivity index (χ2n) is 5.14. The Hall–Kier alpha value is -1.82. The number of halogens is 3. The van der Waals surface area contributed by atoms with Crippen molar-refractivity contribution in [2.45, 2.75) is 12.6 Å². The van der Waals surface area contributed by atoms with Crippen molar-refractivity contribution in [2.24, 2.45) is 0 Å². The highest BCUT2D eigenvalue weighted by molar-refractivity contribution is 5.94. The van der Waals surface area contributed by atoms with Gasteiger partial charge in [-0.05, 0) is 36.2 Å². The average molecular weight is 298 g/mol. The number of hydrogen-bond acceptors (Lipinski definition) is 2. The highest BCUT2D eigenvalue weighted by Gasteiger charge is 2.35. The molecule has 1 aliphatic heterocycles. The van der Waals surface area contributed by atoms with E-state index in [2.05, 4.69) is 5.32 Å². The molecule has 0 saturated carbocycles. The van der Waals surface area contributed by atoms with E-state index in [1.54, 1.807) is 6.08 Å². The van der Waals surface area contributed by atoms with Gasteiger partial charge < -0.3 is 10.2 Å². The van der Waals surface area contributed by atoms with Crippen LogP contribution in [0.2, 0.25) is 0 Å². The molecule has 1 amide bonds. The third-order valence-corrected chi connectivity index (χ3v) is 3.39. The number of nitrogens with zero attached hydrogens (tertiary/aromatic N) is 1. The maximum Gasteiger partial charge on any atom is 0.417 e. The van der Waals surface area contributed by atoms with Crippen molar-refractivity contribution in [3.05, 3.63) is 41.0 Å². The summed E-state index contributed by atoms with van der Waals surface area (Å²) >= 11 is 0. The van der Waals surface area contributed by atoms with Crippen molar-refractivity contribution in [1.29, 1.82) is 0 Å². The van der Waals surface area contributed by atoms with E-state index < -0.39 is 17.6 Å². The molecule has 1 heterocycles. The maximum absolute atomic E-state index is 13.3. The van der Waals surface area contributed by atoms with Crippen LogP contribution in [0.15, 0.2) is 24.3 Å². The summed E-state index contributed by atoms with van der Waals surface area (Å²) in [6.07, 6.45) is -2.17. The molecule has 1 aromatic rings. The fraction of sp³-hybridized carbons (Fsp3) is 0.400. The van der Waals surface area contributed by atoms with Gasteiger partial charge in [-0.1, -0.05) is 12.1 Å². The molecule has 1 aromatic carbocycles. The van der Waals surface area contributed by atoms with Gasteiger partial charge in [0.25, 0.3) is 5.91 Å². The van der Waals surface area contributed by atoms with Crippen LogP contribution < -0.4 is 5.32 Å². The Balaban J connectivity index is 2.51. The van der Waals surface area contributed by atoms with Crippen LogP contribution in [-0.2, 0) is 6.18 Å². The molecule has 0 unspecified atom stereocenters. The normalized spacial score (nSPS) is 15.6. The van der Waals surface area contributed by atoms with E-state index in [-0.39, 0.29) is 11.1 Å². The Morgan fingerprint density at radius 3 is 2.52 bits per heavy atom. The molecule has 0 aliphatic carbocycles. The van der Waals surface area contributed by atoms with Gasteiger partial charge in [-0.25, -0.2) is 0 Å². The molecule has 1 aliphatic rings. The Bertz CT molecular complexity index is 577. The smallest absolute Gasteiger partial charge is 0.345 e. The van der Waals surface area contributed by atoms with Gasteiger partial charge >= 0.3 is 6.18 Å². The van der Waals surface area contributed by atoms with Crippen LogP contribution in [0, 0.1) is 0 Å². The average Bonchev–Trinajstić information content (AvgIpc) is 2.45. The van der Waals surface area contributed by atoms with Gasteiger partial charge in [0.1, 0.15) is 0 Å². The van der Waals surface area contributed by atoms with Crippen LogP contribution in [0.5, 0.6) is 0 Å². The molecule has 0 bridgehead atoms. The van der Waals surface area contributed by atoms with Crippen molar-refractivity contribution in [2.75, 3.05) is 27.2 Å².